The van der Waals surface area contributed by atoms with Gasteiger partial charge in [0.25, 0.3) is 5.91 Å². The van der Waals surface area contributed by atoms with Crippen molar-refractivity contribution in [1.82, 2.24) is 4.90 Å². The predicted octanol–water partition coefficient (Wildman–Crippen LogP) is 1.68. The molecule has 1 fully saturated rings. The van der Waals surface area contributed by atoms with E-state index in [1.54, 1.807) is 0 Å². The van der Waals surface area contributed by atoms with Gasteiger partial charge in [-0.1, -0.05) is 0 Å². The minimum atomic E-state index is -4.87. The maximum atomic E-state index is 13.2. The molecular weight excluding hydrogens is 294 g/mol. The van der Waals surface area contributed by atoms with Gasteiger partial charge in [-0.2, -0.15) is 13.2 Å². The van der Waals surface area contributed by atoms with Crippen LogP contribution in [0.1, 0.15) is 15.9 Å². The lowest BCUT2D eigenvalue weighted by atomic mass is 10.1. The van der Waals surface area contributed by atoms with Crippen LogP contribution < -0.4 is 0 Å². The number of nitrogens with zero attached hydrogens (tertiary/aromatic N) is 1. The minimum absolute atomic E-state index is 0.107. The SMILES string of the molecule is O=C(c1ccc(F)c(C(F)(F)F)c1)N1CCOCC1CO. The molecule has 0 radical (unpaired) electrons. The van der Waals surface area contributed by atoms with Crippen molar-refractivity contribution >= 4 is 5.91 Å². The highest BCUT2D eigenvalue weighted by Gasteiger charge is 2.35. The van der Waals surface area contributed by atoms with Crippen LogP contribution in [0.25, 0.3) is 0 Å². The number of ether oxygens (including phenoxy) is 1. The van der Waals surface area contributed by atoms with Crippen LogP contribution in [0, 0.1) is 5.82 Å². The summed E-state index contributed by atoms with van der Waals surface area (Å²) in [7, 11) is 0. The first-order valence-electron chi connectivity index (χ1n) is 6.21. The smallest absolute Gasteiger partial charge is 0.394 e. The Balaban J connectivity index is 2.31. The number of morpholine rings is 1. The summed E-state index contributed by atoms with van der Waals surface area (Å²) in [6.45, 7) is 0.132. The van der Waals surface area contributed by atoms with E-state index in [2.05, 4.69) is 0 Å². The van der Waals surface area contributed by atoms with Crippen LogP contribution in [0.4, 0.5) is 17.6 Å². The van der Waals surface area contributed by atoms with Crippen LogP contribution in [0.2, 0.25) is 0 Å². The molecule has 21 heavy (non-hydrogen) atoms. The van der Waals surface area contributed by atoms with Crippen molar-refractivity contribution in [3.63, 3.8) is 0 Å². The summed E-state index contributed by atoms with van der Waals surface area (Å²) in [5, 5.41) is 9.17. The van der Waals surface area contributed by atoms with Crippen LogP contribution >= 0.6 is 0 Å². The fourth-order valence-electron chi connectivity index (χ4n) is 2.11. The number of aliphatic hydroxyl groups is 1. The summed E-state index contributed by atoms with van der Waals surface area (Å²) in [5.74, 6) is -2.12. The molecule has 0 saturated carbocycles. The monoisotopic (exact) mass is 307 g/mol. The second-order valence-electron chi connectivity index (χ2n) is 4.60. The second-order valence-corrected chi connectivity index (χ2v) is 4.60. The van der Waals surface area contributed by atoms with Crippen LogP contribution in [0.15, 0.2) is 18.2 Å². The van der Waals surface area contributed by atoms with E-state index >= 15 is 0 Å². The largest absolute Gasteiger partial charge is 0.419 e. The van der Waals surface area contributed by atoms with E-state index in [1.807, 2.05) is 0 Å². The van der Waals surface area contributed by atoms with Gasteiger partial charge in [0.05, 0.1) is 31.4 Å². The molecule has 1 aromatic rings. The number of hydrogen-bond acceptors (Lipinski definition) is 3. The predicted molar refractivity (Wildman–Crippen MR) is 64.1 cm³/mol. The van der Waals surface area contributed by atoms with E-state index in [1.165, 1.54) is 4.90 Å². The van der Waals surface area contributed by atoms with Gasteiger partial charge in [-0.25, -0.2) is 4.39 Å². The van der Waals surface area contributed by atoms with Gasteiger partial charge >= 0.3 is 6.18 Å². The number of rotatable bonds is 2. The number of benzene rings is 1. The van der Waals surface area contributed by atoms with Crippen molar-refractivity contribution in [2.75, 3.05) is 26.4 Å². The Hall–Kier alpha value is -1.67. The zero-order valence-corrected chi connectivity index (χ0v) is 10.9. The molecule has 4 nitrogen and oxygen atoms in total. The van der Waals surface area contributed by atoms with E-state index in [0.717, 1.165) is 6.07 Å². The normalized spacial score (nSPS) is 19.7. The number of aliphatic hydroxyl groups excluding tert-OH is 1. The third-order valence-corrected chi connectivity index (χ3v) is 3.22. The fraction of sp³-hybridized carbons (Fsp3) is 0.462. The molecule has 0 bridgehead atoms. The van der Waals surface area contributed by atoms with Crippen LogP contribution in [-0.2, 0) is 10.9 Å². The quantitative estimate of drug-likeness (QED) is 0.846. The molecule has 1 saturated heterocycles. The zero-order chi connectivity index (χ0) is 15.6. The Labute approximate surface area is 117 Å². The Morgan fingerprint density at radius 3 is 2.76 bits per heavy atom. The van der Waals surface area contributed by atoms with E-state index < -0.39 is 29.5 Å². The third-order valence-electron chi connectivity index (χ3n) is 3.22. The Bertz CT molecular complexity index is 533. The molecule has 116 valence electrons. The summed E-state index contributed by atoms with van der Waals surface area (Å²) < 4.78 is 56.3. The topological polar surface area (TPSA) is 49.8 Å². The molecule has 1 unspecified atom stereocenters. The fourth-order valence-corrected chi connectivity index (χ4v) is 2.11. The lowest BCUT2D eigenvalue weighted by molar-refractivity contribution is -0.140. The number of carbonyl (C=O) groups is 1. The molecule has 1 aliphatic heterocycles. The molecule has 1 aliphatic rings. The average Bonchev–Trinajstić information content (AvgIpc) is 2.45. The molecule has 1 N–H and O–H groups in total. The van der Waals surface area contributed by atoms with Crippen molar-refractivity contribution in [2.24, 2.45) is 0 Å². The molecule has 1 heterocycles. The highest BCUT2D eigenvalue weighted by atomic mass is 19.4. The van der Waals surface area contributed by atoms with E-state index in [0.29, 0.717) is 12.1 Å². The first-order chi connectivity index (χ1) is 9.84. The summed E-state index contributed by atoms with van der Waals surface area (Å²) in [6, 6.07) is 1.48. The number of hydrogen-bond donors (Lipinski definition) is 1. The van der Waals surface area contributed by atoms with Gasteiger partial charge in [-0.15, -0.1) is 0 Å². The molecule has 1 amide bonds. The van der Waals surface area contributed by atoms with Gasteiger partial charge in [0.15, 0.2) is 0 Å². The number of halogens is 4. The van der Waals surface area contributed by atoms with Crippen molar-refractivity contribution in [1.29, 1.82) is 0 Å². The van der Waals surface area contributed by atoms with E-state index in [9.17, 15) is 27.5 Å². The van der Waals surface area contributed by atoms with Crippen molar-refractivity contribution in [3.8, 4) is 0 Å². The van der Waals surface area contributed by atoms with Crippen molar-refractivity contribution in [2.45, 2.75) is 12.2 Å². The molecule has 1 atom stereocenters. The summed E-state index contributed by atoms with van der Waals surface area (Å²) in [6.07, 6.45) is -4.87. The average molecular weight is 307 g/mol. The molecule has 0 aliphatic carbocycles. The van der Waals surface area contributed by atoms with E-state index in [-0.39, 0.29) is 31.9 Å². The van der Waals surface area contributed by atoms with Crippen molar-refractivity contribution in [3.05, 3.63) is 35.1 Å². The number of amides is 1. The Kier molecular flexibility index (Phi) is 4.48. The standard InChI is InChI=1S/C13H13F4NO3/c14-11-2-1-8(5-10(11)13(15,16)17)12(20)18-3-4-21-7-9(18)6-19/h1-2,5,9,19H,3-4,6-7H2. The minimum Gasteiger partial charge on any atom is -0.394 e. The first-order valence-corrected chi connectivity index (χ1v) is 6.21. The van der Waals surface area contributed by atoms with Crippen LogP contribution in [0.5, 0.6) is 0 Å². The summed E-state index contributed by atoms with van der Waals surface area (Å²) in [5.41, 5.74) is -1.76. The summed E-state index contributed by atoms with van der Waals surface area (Å²) >= 11 is 0. The maximum absolute atomic E-state index is 13.2. The lowest BCUT2D eigenvalue weighted by Crippen LogP contribution is -2.50. The Morgan fingerprint density at radius 2 is 2.14 bits per heavy atom. The van der Waals surface area contributed by atoms with E-state index in [4.69, 9.17) is 4.74 Å². The van der Waals surface area contributed by atoms with Gasteiger partial charge in [-0.05, 0) is 18.2 Å². The molecule has 8 heteroatoms. The van der Waals surface area contributed by atoms with Gasteiger partial charge < -0.3 is 14.7 Å². The highest BCUT2D eigenvalue weighted by molar-refractivity contribution is 5.94. The number of carbonyl (C=O) groups excluding carboxylic acids is 1. The zero-order valence-electron chi connectivity index (χ0n) is 10.9. The molecule has 0 aromatic heterocycles. The second kappa shape index (κ2) is 5.98. The first kappa shape index (κ1) is 15.7. The molecule has 0 spiro atoms. The van der Waals surface area contributed by atoms with Gasteiger partial charge in [0.1, 0.15) is 5.82 Å². The maximum Gasteiger partial charge on any atom is 0.419 e. The molecule has 2 rings (SSSR count). The van der Waals surface area contributed by atoms with Crippen molar-refractivity contribution < 1.29 is 32.2 Å². The summed E-state index contributed by atoms with van der Waals surface area (Å²) in [4.78, 5) is 13.5. The molecule has 1 aromatic carbocycles. The van der Waals surface area contributed by atoms with Gasteiger partial charge in [0.2, 0.25) is 0 Å². The van der Waals surface area contributed by atoms with Crippen LogP contribution in [-0.4, -0.2) is 48.3 Å². The number of alkyl halides is 3. The van der Waals surface area contributed by atoms with Gasteiger partial charge in [0, 0.05) is 12.1 Å². The molecular formula is C13H13F4NO3. The Morgan fingerprint density at radius 1 is 1.43 bits per heavy atom. The van der Waals surface area contributed by atoms with Crippen LogP contribution in [0.3, 0.4) is 0 Å². The third kappa shape index (κ3) is 3.33. The van der Waals surface area contributed by atoms with Gasteiger partial charge in [-0.3, -0.25) is 4.79 Å². The highest BCUT2D eigenvalue weighted by Crippen LogP contribution is 2.32. The lowest BCUT2D eigenvalue weighted by Gasteiger charge is -2.34.